The number of halogens is 1. The van der Waals surface area contributed by atoms with Crippen molar-refractivity contribution < 1.29 is 18.0 Å². The molecule has 0 bridgehead atoms. The Kier molecular flexibility index (Phi) is 10.4. The number of aryl methyl sites for hydroxylation is 1. The van der Waals surface area contributed by atoms with Gasteiger partial charge in [0.05, 0.1) is 11.9 Å². The molecule has 1 N–H and O–H groups in total. The van der Waals surface area contributed by atoms with Crippen LogP contribution in [0, 0.1) is 0 Å². The SMILES string of the molecule is CCCNC(=O)C(CC)N(Cc1ccccc1Cl)C(=O)CN(c1ccc(CC)cc1)S(C)(=O)=O. The zero-order valence-corrected chi connectivity index (χ0v) is 21.8. The highest BCUT2D eigenvalue weighted by Crippen LogP contribution is 2.22. The smallest absolute Gasteiger partial charge is 0.244 e. The van der Waals surface area contributed by atoms with Gasteiger partial charge < -0.3 is 10.2 Å². The van der Waals surface area contributed by atoms with Crippen LogP contribution < -0.4 is 9.62 Å². The molecule has 2 aromatic rings. The standard InChI is InChI=1S/C25H34ClN3O4S/c1-5-16-27-25(31)23(7-3)28(17-20-10-8-9-11-22(20)26)24(30)18-29(34(4,32)33)21-14-12-19(6-2)13-15-21/h8-15,23H,5-7,16-18H2,1-4H3,(H,27,31). The van der Waals surface area contributed by atoms with Gasteiger partial charge in [-0.3, -0.25) is 13.9 Å². The Hall–Kier alpha value is -2.58. The summed E-state index contributed by atoms with van der Waals surface area (Å²) in [7, 11) is -3.75. The van der Waals surface area contributed by atoms with Gasteiger partial charge in [0.25, 0.3) is 0 Å². The minimum Gasteiger partial charge on any atom is -0.354 e. The maximum atomic E-state index is 13.6. The van der Waals surface area contributed by atoms with Crippen LogP contribution in [0.3, 0.4) is 0 Å². The van der Waals surface area contributed by atoms with Crippen molar-refractivity contribution in [2.75, 3.05) is 23.7 Å². The van der Waals surface area contributed by atoms with Crippen molar-refractivity contribution in [3.05, 3.63) is 64.7 Å². The molecule has 0 aliphatic heterocycles. The lowest BCUT2D eigenvalue weighted by molar-refractivity contribution is -0.140. The Morgan fingerprint density at radius 1 is 1.03 bits per heavy atom. The number of benzene rings is 2. The van der Waals surface area contributed by atoms with E-state index in [1.165, 1.54) is 4.90 Å². The molecule has 0 aliphatic rings. The molecule has 0 aliphatic carbocycles. The number of anilines is 1. The lowest BCUT2D eigenvalue weighted by Gasteiger charge is -2.33. The molecule has 2 aromatic carbocycles. The molecular weight excluding hydrogens is 474 g/mol. The minimum atomic E-state index is -3.75. The fourth-order valence-corrected chi connectivity index (χ4v) is 4.65. The maximum Gasteiger partial charge on any atom is 0.244 e. The first kappa shape index (κ1) is 27.7. The highest BCUT2D eigenvalue weighted by atomic mass is 35.5. The van der Waals surface area contributed by atoms with E-state index in [2.05, 4.69) is 5.32 Å². The molecule has 1 unspecified atom stereocenters. The highest BCUT2D eigenvalue weighted by molar-refractivity contribution is 7.92. The van der Waals surface area contributed by atoms with Crippen molar-refractivity contribution in [2.45, 2.75) is 52.6 Å². The van der Waals surface area contributed by atoms with Gasteiger partial charge in [-0.2, -0.15) is 0 Å². The number of rotatable bonds is 12. The summed E-state index contributed by atoms with van der Waals surface area (Å²) in [4.78, 5) is 27.9. The van der Waals surface area contributed by atoms with E-state index in [4.69, 9.17) is 11.6 Å². The van der Waals surface area contributed by atoms with Gasteiger partial charge in [-0.1, -0.05) is 62.7 Å². The summed E-state index contributed by atoms with van der Waals surface area (Å²) in [6.45, 7) is 5.93. The van der Waals surface area contributed by atoms with E-state index in [-0.39, 0.29) is 12.5 Å². The summed E-state index contributed by atoms with van der Waals surface area (Å²) >= 11 is 6.34. The average molecular weight is 508 g/mol. The van der Waals surface area contributed by atoms with Crippen molar-refractivity contribution in [3.63, 3.8) is 0 Å². The molecule has 0 saturated heterocycles. The molecule has 2 amide bonds. The van der Waals surface area contributed by atoms with Gasteiger partial charge in [0.2, 0.25) is 21.8 Å². The molecule has 1 atom stereocenters. The predicted octanol–water partition coefficient (Wildman–Crippen LogP) is 4.00. The molecule has 0 spiro atoms. The lowest BCUT2D eigenvalue weighted by Crippen LogP contribution is -2.52. The molecule has 186 valence electrons. The topological polar surface area (TPSA) is 86.8 Å². The number of amides is 2. The largest absolute Gasteiger partial charge is 0.354 e. The van der Waals surface area contributed by atoms with Crippen molar-refractivity contribution in [3.8, 4) is 0 Å². The minimum absolute atomic E-state index is 0.0862. The van der Waals surface area contributed by atoms with E-state index in [1.54, 1.807) is 36.4 Å². The van der Waals surface area contributed by atoms with Crippen LogP contribution in [0.25, 0.3) is 0 Å². The van der Waals surface area contributed by atoms with E-state index < -0.39 is 28.5 Å². The fourth-order valence-electron chi connectivity index (χ4n) is 3.61. The van der Waals surface area contributed by atoms with Crippen LogP contribution in [0.5, 0.6) is 0 Å². The molecular formula is C25H34ClN3O4S. The molecule has 0 saturated carbocycles. The third kappa shape index (κ3) is 7.46. The Labute approximate surface area is 208 Å². The van der Waals surface area contributed by atoms with Crippen LogP contribution in [0.15, 0.2) is 48.5 Å². The van der Waals surface area contributed by atoms with Gasteiger partial charge >= 0.3 is 0 Å². The van der Waals surface area contributed by atoms with Crippen LogP contribution in [0.1, 0.15) is 44.7 Å². The molecule has 0 aromatic heterocycles. The predicted molar refractivity (Wildman–Crippen MR) is 137 cm³/mol. The second kappa shape index (κ2) is 12.8. The number of nitrogens with zero attached hydrogens (tertiary/aromatic N) is 2. The second-order valence-electron chi connectivity index (χ2n) is 8.12. The van der Waals surface area contributed by atoms with Gasteiger partial charge in [-0.25, -0.2) is 8.42 Å². The molecule has 34 heavy (non-hydrogen) atoms. The molecule has 0 fully saturated rings. The molecule has 0 radical (unpaired) electrons. The van der Waals surface area contributed by atoms with E-state index >= 15 is 0 Å². The zero-order valence-electron chi connectivity index (χ0n) is 20.3. The number of carbonyl (C=O) groups is 2. The van der Waals surface area contributed by atoms with E-state index in [0.29, 0.717) is 29.2 Å². The summed E-state index contributed by atoms with van der Waals surface area (Å²) in [5.41, 5.74) is 2.13. The van der Waals surface area contributed by atoms with Crippen molar-refractivity contribution in [1.82, 2.24) is 10.2 Å². The third-order valence-corrected chi connectivity index (χ3v) is 7.05. The van der Waals surface area contributed by atoms with E-state index in [0.717, 1.165) is 29.0 Å². The molecule has 7 nitrogen and oxygen atoms in total. The summed E-state index contributed by atoms with van der Waals surface area (Å²) < 4.78 is 26.3. The fraction of sp³-hybridized carbons (Fsp3) is 0.440. The van der Waals surface area contributed by atoms with Crippen molar-refractivity contribution >= 4 is 39.1 Å². The van der Waals surface area contributed by atoms with Crippen LogP contribution in [0.2, 0.25) is 5.02 Å². The number of hydrogen-bond donors (Lipinski definition) is 1. The Bertz CT molecular complexity index is 1070. The number of hydrogen-bond acceptors (Lipinski definition) is 4. The summed E-state index contributed by atoms with van der Waals surface area (Å²) in [6.07, 6.45) is 3.01. The monoisotopic (exact) mass is 507 g/mol. The molecule has 0 heterocycles. The van der Waals surface area contributed by atoms with Gasteiger partial charge in [0.1, 0.15) is 12.6 Å². The Morgan fingerprint density at radius 2 is 1.68 bits per heavy atom. The first-order chi connectivity index (χ1) is 16.1. The van der Waals surface area contributed by atoms with E-state index in [1.807, 2.05) is 32.9 Å². The highest BCUT2D eigenvalue weighted by Gasteiger charge is 2.31. The van der Waals surface area contributed by atoms with E-state index in [9.17, 15) is 18.0 Å². The normalized spacial score (nSPS) is 12.1. The zero-order chi connectivity index (χ0) is 25.3. The maximum absolute atomic E-state index is 13.6. The van der Waals surface area contributed by atoms with Gasteiger partial charge in [0.15, 0.2) is 0 Å². The van der Waals surface area contributed by atoms with Crippen molar-refractivity contribution in [1.29, 1.82) is 0 Å². The second-order valence-corrected chi connectivity index (χ2v) is 10.4. The third-order valence-electron chi connectivity index (χ3n) is 5.55. The van der Waals surface area contributed by atoms with Crippen LogP contribution >= 0.6 is 11.6 Å². The number of carbonyl (C=O) groups excluding carboxylic acids is 2. The quantitative estimate of drug-likeness (QED) is 0.470. The molecule has 9 heteroatoms. The summed E-state index contributed by atoms with van der Waals surface area (Å²) in [5, 5.41) is 3.32. The number of nitrogens with one attached hydrogen (secondary N) is 1. The first-order valence-electron chi connectivity index (χ1n) is 11.5. The summed E-state index contributed by atoms with van der Waals surface area (Å²) in [5.74, 6) is -0.758. The Morgan fingerprint density at radius 3 is 2.21 bits per heavy atom. The Balaban J connectivity index is 2.42. The van der Waals surface area contributed by atoms with Crippen LogP contribution in [-0.2, 0) is 32.6 Å². The van der Waals surface area contributed by atoms with Gasteiger partial charge in [-0.05, 0) is 48.6 Å². The first-order valence-corrected chi connectivity index (χ1v) is 13.7. The number of sulfonamides is 1. The van der Waals surface area contributed by atoms with Crippen LogP contribution in [-0.4, -0.2) is 50.5 Å². The summed E-state index contributed by atoms with van der Waals surface area (Å²) in [6, 6.07) is 13.4. The van der Waals surface area contributed by atoms with Gasteiger partial charge in [0, 0.05) is 18.1 Å². The average Bonchev–Trinajstić information content (AvgIpc) is 2.81. The lowest BCUT2D eigenvalue weighted by atomic mass is 10.1. The van der Waals surface area contributed by atoms with Gasteiger partial charge in [-0.15, -0.1) is 0 Å². The van der Waals surface area contributed by atoms with Crippen molar-refractivity contribution in [2.24, 2.45) is 0 Å². The van der Waals surface area contributed by atoms with Crippen LogP contribution in [0.4, 0.5) is 5.69 Å². The molecule has 2 rings (SSSR count).